The van der Waals surface area contributed by atoms with E-state index in [1.807, 2.05) is 19.1 Å². The summed E-state index contributed by atoms with van der Waals surface area (Å²) in [6.45, 7) is 3.51. The summed E-state index contributed by atoms with van der Waals surface area (Å²) in [7, 11) is 0. The summed E-state index contributed by atoms with van der Waals surface area (Å²) in [6.07, 6.45) is -0.606. The lowest BCUT2D eigenvalue weighted by Gasteiger charge is -2.13. The number of aromatic nitrogens is 2. The quantitative estimate of drug-likeness (QED) is 0.928. The van der Waals surface area contributed by atoms with Crippen molar-refractivity contribution in [3.05, 3.63) is 33.7 Å². The van der Waals surface area contributed by atoms with Gasteiger partial charge in [0.2, 0.25) is 5.13 Å². The lowest BCUT2D eigenvalue weighted by atomic mass is 10.3. The zero-order chi connectivity index (χ0) is 13.8. The number of amides is 1. The van der Waals surface area contributed by atoms with Crippen molar-refractivity contribution in [2.75, 3.05) is 5.32 Å². The summed E-state index contributed by atoms with van der Waals surface area (Å²) < 4.78 is 6.49. The molecule has 0 spiro atoms. The molecule has 1 atom stereocenters. The van der Waals surface area contributed by atoms with Crippen molar-refractivity contribution in [3.8, 4) is 5.75 Å². The summed E-state index contributed by atoms with van der Waals surface area (Å²) >= 11 is 4.66. The average molecular weight is 342 g/mol. The fourth-order valence-corrected chi connectivity index (χ4v) is 2.18. The van der Waals surface area contributed by atoms with Gasteiger partial charge in [0.1, 0.15) is 10.8 Å². The standard InChI is InChI=1S/C12H12BrN3O2S/c1-7(18-10-5-3-9(13)4-6-10)11(17)14-12-16-15-8(2)19-12/h3-7H,1-2H3,(H,14,16,17). The summed E-state index contributed by atoms with van der Waals surface area (Å²) in [6, 6.07) is 7.30. The van der Waals surface area contributed by atoms with Crippen LogP contribution in [0.3, 0.4) is 0 Å². The van der Waals surface area contributed by atoms with E-state index in [1.165, 1.54) is 11.3 Å². The van der Waals surface area contributed by atoms with Gasteiger partial charge < -0.3 is 4.74 Å². The van der Waals surface area contributed by atoms with Gasteiger partial charge >= 0.3 is 0 Å². The first-order chi connectivity index (χ1) is 9.04. The maximum Gasteiger partial charge on any atom is 0.266 e. The molecule has 1 aromatic carbocycles. The number of carbonyl (C=O) groups is 1. The third-order valence-corrected chi connectivity index (χ3v) is 3.53. The summed E-state index contributed by atoms with van der Waals surface area (Å²) in [5, 5.41) is 11.6. The van der Waals surface area contributed by atoms with Gasteiger partial charge in [0.15, 0.2) is 6.10 Å². The molecule has 0 aliphatic heterocycles. The molecule has 0 bridgehead atoms. The van der Waals surface area contributed by atoms with E-state index in [1.54, 1.807) is 19.1 Å². The molecular weight excluding hydrogens is 330 g/mol. The third kappa shape index (κ3) is 4.00. The predicted molar refractivity (Wildman–Crippen MR) is 77.5 cm³/mol. The highest BCUT2D eigenvalue weighted by atomic mass is 79.9. The highest BCUT2D eigenvalue weighted by Crippen LogP contribution is 2.18. The van der Waals surface area contributed by atoms with Crippen LogP contribution < -0.4 is 10.1 Å². The molecule has 0 fully saturated rings. The second kappa shape index (κ2) is 6.12. The van der Waals surface area contributed by atoms with E-state index in [2.05, 4.69) is 31.4 Å². The van der Waals surface area contributed by atoms with Crippen LogP contribution in [0.2, 0.25) is 0 Å². The molecule has 1 aromatic heterocycles. The fourth-order valence-electron chi connectivity index (χ4n) is 1.32. The molecule has 5 nitrogen and oxygen atoms in total. The van der Waals surface area contributed by atoms with Crippen molar-refractivity contribution in [2.24, 2.45) is 0 Å². The maximum absolute atomic E-state index is 11.9. The first-order valence-corrected chi connectivity index (χ1v) is 7.19. The van der Waals surface area contributed by atoms with Gasteiger partial charge in [-0.15, -0.1) is 10.2 Å². The van der Waals surface area contributed by atoms with E-state index in [0.717, 1.165) is 9.48 Å². The van der Waals surface area contributed by atoms with Crippen molar-refractivity contribution < 1.29 is 9.53 Å². The number of benzene rings is 1. The Morgan fingerprint density at radius 1 is 1.37 bits per heavy atom. The smallest absolute Gasteiger partial charge is 0.266 e. The molecule has 7 heteroatoms. The molecule has 0 aliphatic carbocycles. The van der Waals surface area contributed by atoms with Crippen LogP contribution in [-0.4, -0.2) is 22.2 Å². The maximum atomic E-state index is 11.9. The Labute approximate surface area is 123 Å². The largest absolute Gasteiger partial charge is 0.481 e. The topological polar surface area (TPSA) is 64.1 Å². The van der Waals surface area contributed by atoms with E-state index < -0.39 is 6.10 Å². The van der Waals surface area contributed by atoms with Gasteiger partial charge in [-0.1, -0.05) is 27.3 Å². The molecule has 19 heavy (non-hydrogen) atoms. The SMILES string of the molecule is Cc1nnc(NC(=O)C(C)Oc2ccc(Br)cc2)s1. The Balaban J connectivity index is 1.94. The van der Waals surface area contributed by atoms with Gasteiger partial charge in [-0.05, 0) is 38.1 Å². The van der Waals surface area contributed by atoms with Crippen LogP contribution in [0.5, 0.6) is 5.75 Å². The number of hydrogen-bond donors (Lipinski definition) is 1. The molecule has 1 N–H and O–H groups in total. The Hall–Kier alpha value is -1.47. The second-order valence-corrected chi connectivity index (χ2v) is 5.93. The minimum Gasteiger partial charge on any atom is -0.481 e. The zero-order valence-electron chi connectivity index (χ0n) is 10.4. The molecule has 1 heterocycles. The van der Waals surface area contributed by atoms with Crippen LogP contribution >= 0.6 is 27.3 Å². The average Bonchev–Trinajstić information content (AvgIpc) is 2.77. The Morgan fingerprint density at radius 2 is 2.05 bits per heavy atom. The van der Waals surface area contributed by atoms with Crippen molar-refractivity contribution in [2.45, 2.75) is 20.0 Å². The van der Waals surface area contributed by atoms with Crippen LogP contribution in [0.4, 0.5) is 5.13 Å². The van der Waals surface area contributed by atoms with Crippen LogP contribution in [0, 0.1) is 6.92 Å². The highest BCUT2D eigenvalue weighted by Gasteiger charge is 2.16. The molecule has 1 unspecified atom stereocenters. The normalized spacial score (nSPS) is 11.9. The molecular formula is C12H12BrN3O2S. The lowest BCUT2D eigenvalue weighted by molar-refractivity contribution is -0.122. The van der Waals surface area contributed by atoms with Crippen LogP contribution in [0.25, 0.3) is 0 Å². The number of ether oxygens (including phenoxy) is 1. The molecule has 0 aliphatic rings. The molecule has 0 saturated carbocycles. The number of rotatable bonds is 4. The molecule has 0 radical (unpaired) electrons. The summed E-state index contributed by atoms with van der Waals surface area (Å²) in [4.78, 5) is 11.9. The van der Waals surface area contributed by atoms with Gasteiger partial charge in [-0.3, -0.25) is 10.1 Å². The molecule has 2 aromatic rings. The number of halogens is 1. The molecule has 0 saturated heterocycles. The highest BCUT2D eigenvalue weighted by molar-refractivity contribution is 9.10. The van der Waals surface area contributed by atoms with Crippen LogP contribution in [0.15, 0.2) is 28.7 Å². The molecule has 2 rings (SSSR count). The molecule has 1 amide bonds. The van der Waals surface area contributed by atoms with Gasteiger partial charge in [0, 0.05) is 4.47 Å². The Bertz CT molecular complexity index is 571. The van der Waals surface area contributed by atoms with Crippen molar-refractivity contribution in [3.63, 3.8) is 0 Å². The Morgan fingerprint density at radius 3 is 2.63 bits per heavy atom. The minimum absolute atomic E-state index is 0.251. The second-order valence-electron chi connectivity index (χ2n) is 3.83. The van der Waals surface area contributed by atoms with E-state index in [9.17, 15) is 4.79 Å². The predicted octanol–water partition coefficient (Wildman–Crippen LogP) is 3.02. The zero-order valence-corrected chi connectivity index (χ0v) is 12.8. The fraction of sp³-hybridized carbons (Fsp3) is 0.250. The third-order valence-electron chi connectivity index (χ3n) is 2.25. The van der Waals surface area contributed by atoms with Gasteiger partial charge in [0.25, 0.3) is 5.91 Å². The lowest BCUT2D eigenvalue weighted by Crippen LogP contribution is -2.30. The van der Waals surface area contributed by atoms with Crippen molar-refractivity contribution in [1.29, 1.82) is 0 Å². The number of nitrogens with zero attached hydrogens (tertiary/aromatic N) is 2. The van der Waals surface area contributed by atoms with Gasteiger partial charge in [-0.2, -0.15) is 0 Å². The van der Waals surface area contributed by atoms with E-state index in [-0.39, 0.29) is 5.91 Å². The van der Waals surface area contributed by atoms with Crippen LogP contribution in [0.1, 0.15) is 11.9 Å². The number of anilines is 1. The first kappa shape index (κ1) is 14.0. The van der Waals surface area contributed by atoms with Crippen molar-refractivity contribution >= 4 is 38.3 Å². The number of nitrogens with one attached hydrogen (secondary N) is 1. The van der Waals surface area contributed by atoms with Crippen molar-refractivity contribution in [1.82, 2.24) is 10.2 Å². The van der Waals surface area contributed by atoms with E-state index in [4.69, 9.17) is 4.74 Å². The number of carbonyl (C=O) groups excluding carboxylic acids is 1. The van der Waals surface area contributed by atoms with E-state index >= 15 is 0 Å². The Kier molecular flexibility index (Phi) is 4.49. The number of aryl methyl sites for hydroxylation is 1. The minimum atomic E-state index is -0.606. The number of hydrogen-bond acceptors (Lipinski definition) is 5. The summed E-state index contributed by atoms with van der Waals surface area (Å²) in [5.74, 6) is 0.387. The summed E-state index contributed by atoms with van der Waals surface area (Å²) in [5.41, 5.74) is 0. The van der Waals surface area contributed by atoms with E-state index in [0.29, 0.717) is 10.9 Å². The first-order valence-electron chi connectivity index (χ1n) is 5.58. The van der Waals surface area contributed by atoms with Gasteiger partial charge in [0.05, 0.1) is 0 Å². The van der Waals surface area contributed by atoms with Crippen LogP contribution in [-0.2, 0) is 4.79 Å². The molecule has 100 valence electrons. The monoisotopic (exact) mass is 341 g/mol. The van der Waals surface area contributed by atoms with Gasteiger partial charge in [-0.25, -0.2) is 0 Å².